The molecule has 0 bridgehead atoms. The van der Waals surface area contributed by atoms with Crippen molar-refractivity contribution in [1.29, 1.82) is 0 Å². The van der Waals surface area contributed by atoms with Crippen molar-refractivity contribution < 1.29 is 5.73 Å². The number of fused-ring (bicyclic) bond motifs is 1. The Hall–Kier alpha value is -1.09. The average molecular weight is 348 g/mol. The number of hydrogen-bond acceptors (Lipinski definition) is 1. The molecule has 2 nitrogen and oxygen atoms in total. The predicted molar refractivity (Wildman–Crippen MR) is 104 cm³/mol. The van der Waals surface area contributed by atoms with E-state index in [1.807, 2.05) is 20.0 Å². The largest absolute Gasteiger partial charge is 0.331 e. The standard InChI is InChI=1S/C19H25ClN2.C2H6/c20-17-5-6-18-16(13-17)4-3-14(2-1-9-21)12-19(18)15-7-10-22-11-8-15;1-2/h1-2,5-6,9,13,15,19,22H,3-4,7-8,10-12,21H2;1-2H3/p+1/b9-1-,14-2-;. The number of aryl methyl sites for hydroxylation is 1. The highest BCUT2D eigenvalue weighted by molar-refractivity contribution is 6.30. The van der Waals surface area contributed by atoms with E-state index in [2.05, 4.69) is 41.4 Å². The van der Waals surface area contributed by atoms with E-state index in [-0.39, 0.29) is 0 Å². The second-order valence-electron chi connectivity index (χ2n) is 6.49. The third-order valence-corrected chi connectivity index (χ3v) is 5.36. The zero-order chi connectivity index (χ0) is 17.4. The maximum atomic E-state index is 6.24. The molecule has 0 spiro atoms. The lowest BCUT2D eigenvalue weighted by Gasteiger charge is -2.31. The summed E-state index contributed by atoms with van der Waals surface area (Å²) in [6.45, 7) is 6.31. The molecular weight excluding hydrogens is 316 g/mol. The zero-order valence-electron chi connectivity index (χ0n) is 15.2. The Morgan fingerprint density at radius 3 is 2.62 bits per heavy atom. The topological polar surface area (TPSA) is 39.7 Å². The van der Waals surface area contributed by atoms with Gasteiger partial charge in [-0.2, -0.15) is 0 Å². The lowest BCUT2D eigenvalue weighted by molar-refractivity contribution is -0.274. The third kappa shape index (κ3) is 4.95. The fourth-order valence-electron chi connectivity index (χ4n) is 3.96. The molecule has 0 amide bonds. The van der Waals surface area contributed by atoms with Crippen molar-refractivity contribution in [3.05, 3.63) is 58.3 Å². The predicted octanol–water partition coefficient (Wildman–Crippen LogP) is 4.47. The number of allylic oxidation sites excluding steroid dienone is 3. The summed E-state index contributed by atoms with van der Waals surface area (Å²) in [5.74, 6) is 1.42. The first-order valence-corrected chi connectivity index (χ1v) is 9.78. The molecule has 4 N–H and O–H groups in total. The normalized spacial score (nSPS) is 23.5. The Kier molecular flexibility index (Phi) is 8.04. The van der Waals surface area contributed by atoms with Gasteiger partial charge in [0.15, 0.2) is 0 Å². The molecule has 3 rings (SSSR count). The van der Waals surface area contributed by atoms with E-state index in [0.717, 1.165) is 36.9 Å². The summed E-state index contributed by atoms with van der Waals surface area (Å²) in [7, 11) is 0. The van der Waals surface area contributed by atoms with Gasteiger partial charge in [0.2, 0.25) is 0 Å². The van der Waals surface area contributed by atoms with Gasteiger partial charge in [0.25, 0.3) is 0 Å². The van der Waals surface area contributed by atoms with Crippen LogP contribution in [0.1, 0.15) is 56.6 Å². The summed E-state index contributed by atoms with van der Waals surface area (Å²) < 4.78 is 0. The SMILES string of the molecule is CC.[NH3+]/C=C\C=C1\CCc2cc(Cl)ccc2C(C2CCNCC2)C1. The molecule has 2 aliphatic rings. The highest BCUT2D eigenvalue weighted by Gasteiger charge is 2.29. The highest BCUT2D eigenvalue weighted by atomic mass is 35.5. The fourth-order valence-corrected chi connectivity index (χ4v) is 4.16. The Balaban J connectivity index is 0.00000100. The summed E-state index contributed by atoms with van der Waals surface area (Å²) in [6, 6.07) is 6.54. The third-order valence-electron chi connectivity index (χ3n) is 5.12. The lowest BCUT2D eigenvalue weighted by atomic mass is 9.77. The molecular formula is C21H32ClN2+. The minimum Gasteiger partial charge on any atom is -0.331 e. The Morgan fingerprint density at radius 1 is 1.17 bits per heavy atom. The quantitative estimate of drug-likeness (QED) is 0.761. The minimum atomic E-state index is 0.640. The van der Waals surface area contributed by atoms with Crippen LogP contribution in [0.5, 0.6) is 0 Å². The van der Waals surface area contributed by atoms with Crippen molar-refractivity contribution in [3.63, 3.8) is 0 Å². The van der Waals surface area contributed by atoms with Crippen molar-refractivity contribution in [1.82, 2.24) is 5.32 Å². The van der Waals surface area contributed by atoms with Crippen LogP contribution in [0.15, 0.2) is 42.1 Å². The molecule has 1 aromatic rings. The molecule has 1 aliphatic heterocycles. The lowest BCUT2D eigenvalue weighted by Crippen LogP contribution is -2.38. The molecule has 1 unspecified atom stereocenters. The van der Waals surface area contributed by atoms with Crippen LogP contribution < -0.4 is 11.1 Å². The van der Waals surface area contributed by atoms with Gasteiger partial charge in [0, 0.05) is 5.02 Å². The van der Waals surface area contributed by atoms with Crippen LogP contribution in [0.3, 0.4) is 0 Å². The van der Waals surface area contributed by atoms with E-state index in [1.54, 1.807) is 11.1 Å². The maximum absolute atomic E-state index is 6.24. The highest BCUT2D eigenvalue weighted by Crippen LogP contribution is 2.41. The van der Waals surface area contributed by atoms with Gasteiger partial charge in [-0.15, -0.1) is 0 Å². The van der Waals surface area contributed by atoms with Crippen LogP contribution in [-0.4, -0.2) is 13.1 Å². The van der Waals surface area contributed by atoms with Gasteiger partial charge in [-0.25, -0.2) is 0 Å². The second-order valence-corrected chi connectivity index (χ2v) is 6.93. The van der Waals surface area contributed by atoms with Crippen LogP contribution in [0.4, 0.5) is 0 Å². The zero-order valence-corrected chi connectivity index (χ0v) is 15.9. The number of quaternary nitrogens is 1. The van der Waals surface area contributed by atoms with Gasteiger partial charge in [-0.05, 0) is 86.4 Å². The number of piperidine rings is 1. The van der Waals surface area contributed by atoms with Gasteiger partial charge >= 0.3 is 0 Å². The first-order chi connectivity index (χ1) is 11.8. The molecule has 132 valence electrons. The molecule has 0 aromatic heterocycles. The van der Waals surface area contributed by atoms with E-state index in [0.29, 0.717) is 5.92 Å². The van der Waals surface area contributed by atoms with E-state index < -0.39 is 0 Å². The van der Waals surface area contributed by atoms with Crippen LogP contribution in [-0.2, 0) is 6.42 Å². The summed E-state index contributed by atoms with van der Waals surface area (Å²) in [6.07, 6.45) is 12.2. The van der Waals surface area contributed by atoms with Gasteiger partial charge in [0.1, 0.15) is 0 Å². The molecule has 0 radical (unpaired) electrons. The fraction of sp³-hybridized carbons (Fsp3) is 0.524. The smallest absolute Gasteiger partial charge is 0.0909 e. The monoisotopic (exact) mass is 347 g/mol. The minimum absolute atomic E-state index is 0.640. The Bertz CT molecular complexity index is 571. The van der Waals surface area contributed by atoms with Crippen molar-refractivity contribution >= 4 is 11.6 Å². The van der Waals surface area contributed by atoms with E-state index >= 15 is 0 Å². The summed E-state index contributed by atoms with van der Waals surface area (Å²) in [4.78, 5) is 0. The molecule has 24 heavy (non-hydrogen) atoms. The molecule has 1 aliphatic carbocycles. The van der Waals surface area contributed by atoms with Gasteiger partial charge < -0.3 is 11.1 Å². The van der Waals surface area contributed by atoms with Gasteiger partial charge in [-0.1, -0.05) is 43.2 Å². The van der Waals surface area contributed by atoms with Crippen LogP contribution in [0.2, 0.25) is 5.02 Å². The summed E-state index contributed by atoms with van der Waals surface area (Å²) in [5.41, 5.74) is 8.35. The number of hydrogen-bond donors (Lipinski definition) is 2. The maximum Gasteiger partial charge on any atom is 0.0909 e. The van der Waals surface area contributed by atoms with E-state index in [9.17, 15) is 0 Å². The molecule has 1 saturated heterocycles. The van der Waals surface area contributed by atoms with Crippen LogP contribution >= 0.6 is 11.6 Å². The van der Waals surface area contributed by atoms with Crippen molar-refractivity contribution in [3.8, 4) is 0 Å². The van der Waals surface area contributed by atoms with Crippen molar-refractivity contribution in [2.75, 3.05) is 13.1 Å². The average Bonchev–Trinajstić information content (AvgIpc) is 2.81. The molecule has 1 atom stereocenters. The molecule has 3 heteroatoms. The van der Waals surface area contributed by atoms with Crippen LogP contribution in [0, 0.1) is 5.92 Å². The molecule has 0 saturated carbocycles. The van der Waals surface area contributed by atoms with E-state index in [4.69, 9.17) is 11.6 Å². The van der Waals surface area contributed by atoms with Gasteiger partial charge in [-0.3, -0.25) is 0 Å². The van der Waals surface area contributed by atoms with Gasteiger partial charge in [0.05, 0.1) is 6.20 Å². The second kappa shape index (κ2) is 10.0. The number of benzene rings is 1. The van der Waals surface area contributed by atoms with Crippen molar-refractivity contribution in [2.45, 2.75) is 51.9 Å². The molecule has 1 aromatic carbocycles. The first kappa shape index (κ1) is 19.2. The number of nitrogens with one attached hydrogen (secondary N) is 1. The van der Waals surface area contributed by atoms with Crippen LogP contribution in [0.25, 0.3) is 0 Å². The Labute approximate surface area is 152 Å². The first-order valence-electron chi connectivity index (χ1n) is 9.41. The number of halogens is 1. The molecule has 1 fully saturated rings. The van der Waals surface area contributed by atoms with Crippen molar-refractivity contribution in [2.24, 2.45) is 5.92 Å². The Morgan fingerprint density at radius 2 is 1.92 bits per heavy atom. The summed E-state index contributed by atoms with van der Waals surface area (Å²) in [5, 5.41) is 4.36. The number of rotatable bonds is 2. The summed E-state index contributed by atoms with van der Waals surface area (Å²) >= 11 is 6.24. The molecule has 1 heterocycles. The van der Waals surface area contributed by atoms with E-state index in [1.165, 1.54) is 24.8 Å².